The van der Waals surface area contributed by atoms with Crippen molar-refractivity contribution in [1.29, 1.82) is 0 Å². The number of aromatic nitrogens is 1. The number of morpholine rings is 1. The zero-order valence-corrected chi connectivity index (χ0v) is 15.4. The summed E-state index contributed by atoms with van der Waals surface area (Å²) < 4.78 is 30.7. The lowest BCUT2D eigenvalue weighted by molar-refractivity contribution is 0.0124. The van der Waals surface area contributed by atoms with E-state index in [2.05, 4.69) is 29.0 Å². The van der Waals surface area contributed by atoms with E-state index in [-0.39, 0.29) is 22.5 Å². The highest BCUT2D eigenvalue weighted by Crippen LogP contribution is 2.26. The van der Waals surface area contributed by atoms with Crippen LogP contribution in [0.2, 0.25) is 0 Å². The van der Waals surface area contributed by atoms with E-state index in [1.165, 1.54) is 12.3 Å². The second-order valence-corrected chi connectivity index (χ2v) is 7.36. The minimum Gasteiger partial charge on any atom is -0.379 e. The summed E-state index contributed by atoms with van der Waals surface area (Å²) in [5.41, 5.74) is 0.193. The maximum Gasteiger partial charge on any atom is 0.290 e. The van der Waals surface area contributed by atoms with Crippen molar-refractivity contribution in [2.45, 2.75) is 37.1 Å². The van der Waals surface area contributed by atoms with Crippen LogP contribution in [0.25, 0.3) is 0 Å². The van der Waals surface area contributed by atoms with Crippen molar-refractivity contribution in [3.63, 3.8) is 0 Å². The number of alkyl halides is 2. The van der Waals surface area contributed by atoms with Crippen LogP contribution in [0.1, 0.15) is 30.6 Å². The molecule has 2 heterocycles. The van der Waals surface area contributed by atoms with Gasteiger partial charge in [-0.1, -0.05) is 13.8 Å². The van der Waals surface area contributed by atoms with Gasteiger partial charge in [-0.2, -0.15) is 8.78 Å². The van der Waals surface area contributed by atoms with Crippen molar-refractivity contribution in [2.75, 3.05) is 32.8 Å². The van der Waals surface area contributed by atoms with Crippen LogP contribution in [0.3, 0.4) is 0 Å². The molecule has 8 heteroatoms. The molecule has 2 rings (SSSR count). The maximum atomic E-state index is 12.6. The van der Waals surface area contributed by atoms with Gasteiger partial charge >= 0.3 is 0 Å². The van der Waals surface area contributed by atoms with Crippen LogP contribution in [0.15, 0.2) is 23.4 Å². The number of hydrogen-bond acceptors (Lipinski definition) is 5. The number of amides is 1. The minimum absolute atomic E-state index is 0.0572. The highest BCUT2D eigenvalue weighted by molar-refractivity contribution is 7.99. The molecule has 1 fully saturated rings. The Bertz CT molecular complexity index is 554. The highest BCUT2D eigenvalue weighted by Gasteiger charge is 2.23. The summed E-state index contributed by atoms with van der Waals surface area (Å²) in [6.45, 7) is 7.84. The predicted molar refractivity (Wildman–Crippen MR) is 94.1 cm³/mol. The molecule has 0 spiro atoms. The van der Waals surface area contributed by atoms with E-state index in [4.69, 9.17) is 4.74 Å². The summed E-state index contributed by atoms with van der Waals surface area (Å²) in [5.74, 6) is -2.48. The van der Waals surface area contributed by atoms with E-state index in [0.29, 0.717) is 37.4 Å². The van der Waals surface area contributed by atoms with E-state index in [9.17, 15) is 13.6 Å². The molecule has 1 saturated heterocycles. The van der Waals surface area contributed by atoms with Gasteiger partial charge in [0.2, 0.25) is 0 Å². The van der Waals surface area contributed by atoms with E-state index >= 15 is 0 Å². The van der Waals surface area contributed by atoms with Gasteiger partial charge in [0.15, 0.2) is 0 Å². The summed E-state index contributed by atoms with van der Waals surface area (Å²) in [7, 11) is 0. The molecule has 0 saturated carbocycles. The summed E-state index contributed by atoms with van der Waals surface area (Å²) >= 11 is 0.294. The lowest BCUT2D eigenvalue weighted by Gasteiger charge is -2.35. The van der Waals surface area contributed by atoms with E-state index < -0.39 is 5.76 Å². The Labute approximate surface area is 151 Å². The third-order valence-electron chi connectivity index (χ3n) is 4.02. The monoisotopic (exact) mass is 373 g/mol. The summed E-state index contributed by atoms with van der Waals surface area (Å²) in [6.07, 6.45) is 2.36. The first-order chi connectivity index (χ1) is 12.0. The fourth-order valence-corrected chi connectivity index (χ4v) is 3.47. The molecule has 1 aliphatic rings. The SMILES string of the molecule is CC(C)CC(CNC(=O)c1cccnc1SC(F)F)N1CCOCC1. The standard InChI is InChI=1S/C17H25F2N3O2S/c1-12(2)10-13(22-6-8-24-9-7-22)11-21-15(23)14-4-3-5-20-16(14)25-17(18)19/h3-5,12-13,17H,6-11H2,1-2H3,(H,21,23). The van der Waals surface area contributed by atoms with Gasteiger partial charge in [0.05, 0.1) is 18.8 Å². The number of ether oxygens (including phenoxy) is 1. The van der Waals surface area contributed by atoms with Gasteiger partial charge in [-0.3, -0.25) is 9.69 Å². The second kappa shape index (κ2) is 10.0. The number of nitrogens with one attached hydrogen (secondary N) is 1. The number of nitrogens with zero attached hydrogens (tertiary/aromatic N) is 2. The number of thioether (sulfide) groups is 1. The zero-order valence-electron chi connectivity index (χ0n) is 14.6. The van der Waals surface area contributed by atoms with Crippen molar-refractivity contribution in [2.24, 2.45) is 5.92 Å². The summed E-state index contributed by atoms with van der Waals surface area (Å²) in [4.78, 5) is 18.7. The molecular weight excluding hydrogens is 348 g/mol. The van der Waals surface area contributed by atoms with Gasteiger partial charge in [0.25, 0.3) is 11.7 Å². The fraction of sp³-hybridized carbons (Fsp3) is 0.647. The lowest BCUT2D eigenvalue weighted by atomic mass is 10.0. The molecule has 1 aromatic heterocycles. The van der Waals surface area contributed by atoms with Gasteiger partial charge in [0, 0.05) is 31.9 Å². The minimum atomic E-state index is -2.61. The molecule has 0 aliphatic carbocycles. The van der Waals surface area contributed by atoms with Crippen LogP contribution in [0.4, 0.5) is 8.78 Å². The highest BCUT2D eigenvalue weighted by atomic mass is 32.2. The number of carbonyl (C=O) groups is 1. The largest absolute Gasteiger partial charge is 0.379 e. The Hall–Kier alpha value is -1.25. The second-order valence-electron chi connectivity index (χ2n) is 6.38. The average molecular weight is 373 g/mol. The van der Waals surface area contributed by atoms with E-state index in [1.807, 2.05) is 0 Å². The zero-order chi connectivity index (χ0) is 18.2. The van der Waals surface area contributed by atoms with Crippen molar-refractivity contribution < 1.29 is 18.3 Å². The third kappa shape index (κ3) is 6.52. The Morgan fingerprint density at radius 2 is 2.12 bits per heavy atom. The van der Waals surface area contributed by atoms with Crippen LogP contribution in [-0.4, -0.2) is 60.4 Å². The number of pyridine rings is 1. The van der Waals surface area contributed by atoms with Gasteiger partial charge in [0.1, 0.15) is 5.03 Å². The third-order valence-corrected chi connectivity index (χ3v) is 4.75. The van der Waals surface area contributed by atoms with Crippen molar-refractivity contribution in [1.82, 2.24) is 15.2 Å². The Kier molecular flexibility index (Phi) is 8.05. The number of rotatable bonds is 8. The number of carbonyl (C=O) groups excluding carboxylic acids is 1. The molecule has 1 unspecified atom stereocenters. The molecule has 1 aromatic rings. The van der Waals surface area contributed by atoms with Crippen molar-refractivity contribution >= 4 is 17.7 Å². The summed E-state index contributed by atoms with van der Waals surface area (Å²) in [5, 5.41) is 2.95. The molecule has 1 amide bonds. The normalized spacial score (nSPS) is 17.0. The van der Waals surface area contributed by atoms with Crippen LogP contribution >= 0.6 is 11.8 Å². The van der Waals surface area contributed by atoms with E-state index in [0.717, 1.165) is 19.5 Å². The van der Waals surface area contributed by atoms with E-state index in [1.54, 1.807) is 6.07 Å². The predicted octanol–water partition coefficient (Wildman–Crippen LogP) is 2.87. The Balaban J connectivity index is 2.00. The first-order valence-electron chi connectivity index (χ1n) is 8.47. The van der Waals surface area contributed by atoms with Crippen molar-refractivity contribution in [3.05, 3.63) is 23.9 Å². The smallest absolute Gasteiger partial charge is 0.290 e. The molecule has 1 aliphatic heterocycles. The first-order valence-corrected chi connectivity index (χ1v) is 9.35. The molecule has 1 atom stereocenters. The Morgan fingerprint density at radius 1 is 1.40 bits per heavy atom. The lowest BCUT2D eigenvalue weighted by Crippen LogP contribution is -2.49. The molecule has 1 N–H and O–H groups in total. The molecule has 0 aromatic carbocycles. The first kappa shape index (κ1) is 20.1. The van der Waals surface area contributed by atoms with Gasteiger partial charge in [-0.15, -0.1) is 0 Å². The number of hydrogen-bond donors (Lipinski definition) is 1. The van der Waals surface area contributed by atoms with Gasteiger partial charge < -0.3 is 10.1 Å². The van der Waals surface area contributed by atoms with Crippen LogP contribution in [0, 0.1) is 5.92 Å². The van der Waals surface area contributed by atoms with Crippen LogP contribution in [0.5, 0.6) is 0 Å². The van der Waals surface area contributed by atoms with Gasteiger partial charge in [-0.05, 0) is 36.2 Å². The molecule has 25 heavy (non-hydrogen) atoms. The van der Waals surface area contributed by atoms with Crippen LogP contribution in [-0.2, 0) is 4.74 Å². The summed E-state index contributed by atoms with van der Waals surface area (Å²) in [6, 6.07) is 3.31. The number of halogens is 2. The van der Waals surface area contributed by atoms with Gasteiger partial charge in [-0.25, -0.2) is 4.98 Å². The molecule has 0 bridgehead atoms. The average Bonchev–Trinajstić information content (AvgIpc) is 2.58. The molecule has 5 nitrogen and oxygen atoms in total. The van der Waals surface area contributed by atoms with Crippen LogP contribution < -0.4 is 5.32 Å². The Morgan fingerprint density at radius 3 is 2.76 bits per heavy atom. The van der Waals surface area contributed by atoms with Crippen molar-refractivity contribution in [3.8, 4) is 0 Å². The topological polar surface area (TPSA) is 54.5 Å². The fourth-order valence-electron chi connectivity index (χ4n) is 2.90. The molecule has 0 radical (unpaired) electrons. The quantitative estimate of drug-likeness (QED) is 0.710. The maximum absolute atomic E-state index is 12.6. The molecular formula is C17H25F2N3O2S. The molecule has 140 valence electrons.